The fourth-order valence-corrected chi connectivity index (χ4v) is 0.829. The van der Waals surface area contributed by atoms with E-state index in [1.165, 1.54) is 6.33 Å². The molecule has 1 aromatic rings. The molecule has 0 aromatic carbocycles. The van der Waals surface area contributed by atoms with Crippen LogP contribution in [0.15, 0.2) is 10.8 Å². The maximum atomic E-state index is 8.47. The van der Waals surface area contributed by atoms with Crippen molar-refractivity contribution in [2.45, 2.75) is 6.92 Å². The maximum absolute atomic E-state index is 8.47. The van der Waals surface area contributed by atoms with Crippen molar-refractivity contribution in [3.8, 4) is 6.07 Å². The summed E-state index contributed by atoms with van der Waals surface area (Å²) in [5, 5.41) is 8.47. The second-order valence-corrected chi connectivity index (χ2v) is 2.53. The zero-order chi connectivity index (χ0) is 7.56. The molecule has 0 fully saturated rings. The maximum Gasteiger partial charge on any atom is 0.158 e. The number of nitriles is 1. The molecule has 4 heteroatoms. The standard InChI is InChI=1S/C6H4BrN3/c1-4-6(7)5(2-8)10-3-9-4/h3H,1H3. The van der Waals surface area contributed by atoms with E-state index in [-0.39, 0.29) is 0 Å². The van der Waals surface area contributed by atoms with Crippen LogP contribution in [0, 0.1) is 18.3 Å². The van der Waals surface area contributed by atoms with Crippen LogP contribution in [0.5, 0.6) is 0 Å². The third kappa shape index (κ3) is 1.14. The van der Waals surface area contributed by atoms with Crippen LogP contribution in [0.25, 0.3) is 0 Å². The first-order valence-electron chi connectivity index (χ1n) is 2.63. The van der Waals surface area contributed by atoms with E-state index in [0.29, 0.717) is 10.2 Å². The summed E-state index contributed by atoms with van der Waals surface area (Å²) in [6, 6.07) is 1.94. The van der Waals surface area contributed by atoms with Crippen LogP contribution in [0.1, 0.15) is 11.4 Å². The molecule has 0 atom stereocenters. The Morgan fingerprint density at radius 3 is 2.80 bits per heavy atom. The number of hydrogen-bond acceptors (Lipinski definition) is 3. The van der Waals surface area contributed by atoms with Crippen molar-refractivity contribution in [1.29, 1.82) is 5.26 Å². The molecule has 50 valence electrons. The summed E-state index contributed by atoms with van der Waals surface area (Å²) in [4.78, 5) is 7.62. The number of halogens is 1. The average Bonchev–Trinajstić information content (AvgIpc) is 1.95. The van der Waals surface area contributed by atoms with Gasteiger partial charge in [0.1, 0.15) is 12.4 Å². The van der Waals surface area contributed by atoms with E-state index in [1.54, 1.807) is 0 Å². The van der Waals surface area contributed by atoms with Crippen molar-refractivity contribution < 1.29 is 0 Å². The summed E-state index contributed by atoms with van der Waals surface area (Å²) in [5.74, 6) is 0. The predicted molar refractivity (Wildman–Crippen MR) is 39.2 cm³/mol. The van der Waals surface area contributed by atoms with Crippen molar-refractivity contribution in [3.63, 3.8) is 0 Å². The molecule has 0 unspecified atom stereocenters. The van der Waals surface area contributed by atoms with Crippen molar-refractivity contribution in [3.05, 3.63) is 22.2 Å². The van der Waals surface area contributed by atoms with Gasteiger partial charge in [-0.05, 0) is 22.9 Å². The van der Waals surface area contributed by atoms with Gasteiger partial charge in [0.2, 0.25) is 0 Å². The highest BCUT2D eigenvalue weighted by Crippen LogP contribution is 2.15. The summed E-state index contributed by atoms with van der Waals surface area (Å²) in [6.07, 6.45) is 1.37. The van der Waals surface area contributed by atoms with E-state index in [4.69, 9.17) is 5.26 Å². The minimum atomic E-state index is 0.382. The van der Waals surface area contributed by atoms with Gasteiger partial charge in [-0.2, -0.15) is 5.26 Å². The first kappa shape index (κ1) is 7.16. The Kier molecular flexibility index (Phi) is 1.97. The van der Waals surface area contributed by atoms with Crippen molar-refractivity contribution in [2.75, 3.05) is 0 Å². The largest absolute Gasteiger partial charge is 0.240 e. The first-order valence-corrected chi connectivity index (χ1v) is 3.42. The molecule has 1 heterocycles. The summed E-state index contributed by atoms with van der Waals surface area (Å²) >= 11 is 3.19. The lowest BCUT2D eigenvalue weighted by Crippen LogP contribution is -1.90. The van der Waals surface area contributed by atoms with Crippen LogP contribution in [-0.2, 0) is 0 Å². The lowest BCUT2D eigenvalue weighted by atomic mass is 10.3. The van der Waals surface area contributed by atoms with Gasteiger partial charge in [-0.3, -0.25) is 0 Å². The molecule has 1 rings (SSSR count). The summed E-state index contributed by atoms with van der Waals surface area (Å²) in [6.45, 7) is 1.81. The molecule has 0 amide bonds. The third-order valence-electron chi connectivity index (χ3n) is 1.07. The lowest BCUT2D eigenvalue weighted by Gasteiger charge is -1.94. The Labute approximate surface area is 66.9 Å². The smallest absolute Gasteiger partial charge is 0.158 e. The molecule has 0 saturated heterocycles. The van der Waals surface area contributed by atoms with E-state index < -0.39 is 0 Å². The fraction of sp³-hybridized carbons (Fsp3) is 0.167. The van der Waals surface area contributed by atoms with Crippen molar-refractivity contribution in [2.24, 2.45) is 0 Å². The Morgan fingerprint density at radius 1 is 1.60 bits per heavy atom. The Hall–Kier alpha value is -0.950. The number of aryl methyl sites for hydroxylation is 1. The predicted octanol–water partition coefficient (Wildman–Crippen LogP) is 1.42. The summed E-state index contributed by atoms with van der Waals surface area (Å²) in [7, 11) is 0. The Bertz CT molecular complexity index is 290. The molecule has 0 N–H and O–H groups in total. The second-order valence-electron chi connectivity index (χ2n) is 1.73. The summed E-state index contributed by atoms with van der Waals surface area (Å²) in [5.41, 5.74) is 1.17. The molecular formula is C6H4BrN3. The van der Waals surface area contributed by atoms with Crippen LogP contribution in [-0.4, -0.2) is 9.97 Å². The molecule has 0 bridgehead atoms. The molecule has 0 aliphatic rings. The number of hydrogen-bond donors (Lipinski definition) is 0. The van der Waals surface area contributed by atoms with Crippen LogP contribution >= 0.6 is 15.9 Å². The lowest BCUT2D eigenvalue weighted by molar-refractivity contribution is 1.06. The van der Waals surface area contributed by atoms with E-state index in [1.807, 2.05) is 13.0 Å². The molecule has 10 heavy (non-hydrogen) atoms. The van der Waals surface area contributed by atoms with Crippen LogP contribution in [0.4, 0.5) is 0 Å². The average molecular weight is 198 g/mol. The van der Waals surface area contributed by atoms with Gasteiger partial charge in [-0.15, -0.1) is 0 Å². The third-order valence-corrected chi connectivity index (χ3v) is 2.02. The second kappa shape index (κ2) is 2.76. The van der Waals surface area contributed by atoms with Crippen molar-refractivity contribution >= 4 is 15.9 Å². The zero-order valence-electron chi connectivity index (χ0n) is 5.30. The molecule has 1 aromatic heterocycles. The number of aromatic nitrogens is 2. The molecule has 0 spiro atoms. The highest BCUT2D eigenvalue weighted by molar-refractivity contribution is 9.10. The van der Waals surface area contributed by atoms with Gasteiger partial charge in [0.05, 0.1) is 10.2 Å². The topological polar surface area (TPSA) is 49.6 Å². The van der Waals surface area contributed by atoms with E-state index in [9.17, 15) is 0 Å². The van der Waals surface area contributed by atoms with Gasteiger partial charge < -0.3 is 0 Å². The number of rotatable bonds is 0. The molecule has 0 saturated carbocycles. The molecule has 0 aliphatic heterocycles. The van der Waals surface area contributed by atoms with Crippen LogP contribution in [0.3, 0.4) is 0 Å². The minimum absolute atomic E-state index is 0.382. The molecular weight excluding hydrogens is 194 g/mol. The normalized spacial score (nSPS) is 8.90. The van der Waals surface area contributed by atoms with Crippen LogP contribution < -0.4 is 0 Å². The quantitative estimate of drug-likeness (QED) is 0.633. The van der Waals surface area contributed by atoms with Gasteiger partial charge >= 0.3 is 0 Å². The first-order chi connectivity index (χ1) is 4.75. The van der Waals surface area contributed by atoms with Gasteiger partial charge in [0.25, 0.3) is 0 Å². The van der Waals surface area contributed by atoms with Gasteiger partial charge in [0, 0.05) is 0 Å². The van der Waals surface area contributed by atoms with E-state index in [2.05, 4.69) is 25.9 Å². The summed E-state index contributed by atoms with van der Waals surface area (Å²) < 4.78 is 0.678. The molecule has 3 nitrogen and oxygen atoms in total. The van der Waals surface area contributed by atoms with Crippen LogP contribution in [0.2, 0.25) is 0 Å². The number of nitrogens with zero attached hydrogens (tertiary/aromatic N) is 3. The van der Waals surface area contributed by atoms with E-state index in [0.717, 1.165) is 5.69 Å². The minimum Gasteiger partial charge on any atom is -0.240 e. The monoisotopic (exact) mass is 197 g/mol. The SMILES string of the molecule is Cc1ncnc(C#N)c1Br. The highest BCUT2D eigenvalue weighted by Gasteiger charge is 2.01. The van der Waals surface area contributed by atoms with E-state index >= 15 is 0 Å². The Morgan fingerprint density at radius 2 is 2.30 bits per heavy atom. The molecule has 0 radical (unpaired) electrons. The zero-order valence-corrected chi connectivity index (χ0v) is 6.88. The van der Waals surface area contributed by atoms with Gasteiger partial charge in [0.15, 0.2) is 5.69 Å². The van der Waals surface area contributed by atoms with Gasteiger partial charge in [-0.1, -0.05) is 0 Å². The Balaban J connectivity index is 3.31. The van der Waals surface area contributed by atoms with Gasteiger partial charge in [-0.25, -0.2) is 9.97 Å². The fourth-order valence-electron chi connectivity index (χ4n) is 0.536. The highest BCUT2D eigenvalue weighted by atomic mass is 79.9. The van der Waals surface area contributed by atoms with Crippen molar-refractivity contribution in [1.82, 2.24) is 9.97 Å². The molecule has 0 aliphatic carbocycles.